The summed E-state index contributed by atoms with van der Waals surface area (Å²) in [6.07, 6.45) is 1.66. The van der Waals surface area contributed by atoms with Crippen molar-refractivity contribution in [2.75, 3.05) is 25.9 Å². The standard InChI is InChI=1S/C15H20N4O3S2/c1-10-5-6-12(22-2)13(8-10)24(20,21)19-7-3-4-11(9-19)14-17-18-15(16)23-14/h5-6,8,11H,3-4,7,9H2,1-2H3,(H2,16,18)/t11-/m0/s1. The Morgan fingerprint density at radius 2 is 2.17 bits per heavy atom. The molecule has 0 unspecified atom stereocenters. The number of rotatable bonds is 4. The Hall–Kier alpha value is -1.71. The Labute approximate surface area is 145 Å². The highest BCUT2D eigenvalue weighted by atomic mass is 32.2. The van der Waals surface area contributed by atoms with Gasteiger partial charge in [-0.1, -0.05) is 17.4 Å². The summed E-state index contributed by atoms with van der Waals surface area (Å²) in [7, 11) is -2.15. The van der Waals surface area contributed by atoms with Crippen molar-refractivity contribution >= 4 is 26.5 Å². The third-order valence-corrected chi connectivity index (χ3v) is 6.93. The van der Waals surface area contributed by atoms with Crippen LogP contribution in [-0.2, 0) is 10.0 Å². The molecule has 1 atom stereocenters. The molecule has 1 aliphatic rings. The summed E-state index contributed by atoms with van der Waals surface area (Å²) in [5.74, 6) is 0.391. The van der Waals surface area contributed by atoms with E-state index in [0.717, 1.165) is 23.4 Å². The number of nitrogen functional groups attached to an aromatic ring is 1. The largest absolute Gasteiger partial charge is 0.495 e. The van der Waals surface area contributed by atoms with Crippen LogP contribution in [0.3, 0.4) is 0 Å². The maximum Gasteiger partial charge on any atom is 0.246 e. The van der Waals surface area contributed by atoms with E-state index < -0.39 is 10.0 Å². The highest BCUT2D eigenvalue weighted by Crippen LogP contribution is 2.34. The van der Waals surface area contributed by atoms with Gasteiger partial charge in [0.25, 0.3) is 0 Å². The summed E-state index contributed by atoms with van der Waals surface area (Å²) in [4.78, 5) is 0.211. The third-order valence-electron chi connectivity index (χ3n) is 4.13. The molecule has 1 aliphatic heterocycles. The summed E-state index contributed by atoms with van der Waals surface area (Å²) in [5.41, 5.74) is 6.52. The maximum absolute atomic E-state index is 13.1. The molecule has 1 saturated heterocycles. The molecule has 24 heavy (non-hydrogen) atoms. The molecule has 0 aliphatic carbocycles. The summed E-state index contributed by atoms with van der Waals surface area (Å²) >= 11 is 1.32. The zero-order valence-corrected chi connectivity index (χ0v) is 15.2. The van der Waals surface area contributed by atoms with E-state index in [2.05, 4.69) is 10.2 Å². The van der Waals surface area contributed by atoms with Crippen molar-refractivity contribution in [1.29, 1.82) is 0 Å². The number of hydrogen-bond donors (Lipinski definition) is 1. The van der Waals surface area contributed by atoms with Crippen LogP contribution in [0.2, 0.25) is 0 Å². The molecule has 3 rings (SSSR count). The molecule has 0 saturated carbocycles. The molecule has 2 aromatic rings. The Morgan fingerprint density at radius 3 is 2.83 bits per heavy atom. The van der Waals surface area contributed by atoms with Crippen molar-refractivity contribution in [3.05, 3.63) is 28.8 Å². The van der Waals surface area contributed by atoms with Crippen LogP contribution >= 0.6 is 11.3 Å². The van der Waals surface area contributed by atoms with Gasteiger partial charge in [0.15, 0.2) is 0 Å². The Kier molecular flexibility index (Phi) is 4.75. The molecular formula is C15H20N4O3S2. The van der Waals surface area contributed by atoms with E-state index >= 15 is 0 Å². The van der Waals surface area contributed by atoms with Crippen molar-refractivity contribution in [3.8, 4) is 5.75 Å². The smallest absolute Gasteiger partial charge is 0.246 e. The first kappa shape index (κ1) is 17.1. The molecule has 1 fully saturated rings. The first-order valence-corrected chi connectivity index (χ1v) is 9.91. The maximum atomic E-state index is 13.1. The number of hydrogen-bond acceptors (Lipinski definition) is 7. The monoisotopic (exact) mass is 368 g/mol. The van der Waals surface area contributed by atoms with Crippen molar-refractivity contribution in [1.82, 2.24) is 14.5 Å². The fourth-order valence-corrected chi connectivity index (χ4v) is 5.40. The van der Waals surface area contributed by atoms with Gasteiger partial charge in [0.05, 0.1) is 7.11 Å². The van der Waals surface area contributed by atoms with E-state index in [9.17, 15) is 8.42 Å². The van der Waals surface area contributed by atoms with Crippen molar-refractivity contribution in [2.45, 2.75) is 30.6 Å². The summed E-state index contributed by atoms with van der Waals surface area (Å²) in [6.45, 7) is 2.74. The predicted molar refractivity (Wildman–Crippen MR) is 92.8 cm³/mol. The molecule has 1 aromatic carbocycles. The van der Waals surface area contributed by atoms with E-state index in [1.807, 2.05) is 13.0 Å². The van der Waals surface area contributed by atoms with Crippen molar-refractivity contribution in [2.24, 2.45) is 0 Å². The minimum absolute atomic E-state index is 0.0270. The minimum atomic E-state index is -3.63. The molecule has 7 nitrogen and oxygen atoms in total. The van der Waals surface area contributed by atoms with Crippen LogP contribution in [0.4, 0.5) is 5.13 Å². The SMILES string of the molecule is COc1ccc(C)cc1S(=O)(=O)N1CCC[C@H](c2nnc(N)s2)C1. The first-order chi connectivity index (χ1) is 11.4. The fourth-order valence-electron chi connectivity index (χ4n) is 2.90. The highest BCUT2D eigenvalue weighted by Gasteiger charge is 2.34. The Morgan fingerprint density at radius 1 is 1.38 bits per heavy atom. The van der Waals surface area contributed by atoms with Gasteiger partial charge in [-0.05, 0) is 37.5 Å². The third kappa shape index (κ3) is 3.24. The highest BCUT2D eigenvalue weighted by molar-refractivity contribution is 7.89. The molecule has 0 radical (unpaired) electrons. The topological polar surface area (TPSA) is 98.4 Å². The number of aromatic nitrogens is 2. The first-order valence-electron chi connectivity index (χ1n) is 7.65. The normalized spacial score (nSPS) is 19.3. The van der Waals surface area contributed by atoms with Gasteiger partial charge in [0, 0.05) is 19.0 Å². The molecular weight excluding hydrogens is 348 g/mol. The summed E-state index contributed by atoms with van der Waals surface area (Å²) in [5, 5.41) is 9.11. The van der Waals surface area contributed by atoms with Gasteiger partial charge in [-0.15, -0.1) is 10.2 Å². The number of nitrogens with zero attached hydrogens (tertiary/aromatic N) is 3. The molecule has 2 N–H and O–H groups in total. The van der Waals surface area contributed by atoms with Gasteiger partial charge in [-0.3, -0.25) is 0 Å². The minimum Gasteiger partial charge on any atom is -0.495 e. The van der Waals surface area contributed by atoms with Gasteiger partial charge in [-0.25, -0.2) is 8.42 Å². The fraction of sp³-hybridized carbons (Fsp3) is 0.467. The summed E-state index contributed by atoms with van der Waals surface area (Å²) in [6, 6.07) is 5.18. The second-order valence-corrected chi connectivity index (χ2v) is 8.78. The number of methoxy groups -OCH3 is 1. The van der Waals surface area contributed by atoms with Crippen LogP contribution in [0.25, 0.3) is 0 Å². The number of piperidine rings is 1. The zero-order chi connectivity index (χ0) is 17.3. The number of benzene rings is 1. The second kappa shape index (κ2) is 6.66. The molecule has 0 amide bonds. The number of ether oxygens (including phenoxy) is 1. The van der Waals surface area contributed by atoms with Crippen molar-refractivity contribution < 1.29 is 13.2 Å². The molecule has 2 heterocycles. The van der Waals surface area contributed by atoms with Gasteiger partial charge >= 0.3 is 0 Å². The molecule has 0 bridgehead atoms. The number of sulfonamides is 1. The Balaban J connectivity index is 1.91. The van der Waals surface area contributed by atoms with Crippen LogP contribution in [-0.4, -0.2) is 43.1 Å². The van der Waals surface area contributed by atoms with Crippen LogP contribution in [0, 0.1) is 6.92 Å². The van der Waals surface area contributed by atoms with Crippen molar-refractivity contribution in [3.63, 3.8) is 0 Å². The zero-order valence-electron chi connectivity index (χ0n) is 13.6. The molecule has 130 valence electrons. The summed E-state index contributed by atoms with van der Waals surface area (Å²) < 4.78 is 32.9. The number of nitrogens with two attached hydrogens (primary N) is 1. The van der Waals surface area contributed by atoms with Gasteiger partial charge in [0.2, 0.25) is 15.2 Å². The number of anilines is 1. The van der Waals surface area contributed by atoms with E-state index in [-0.39, 0.29) is 10.8 Å². The average Bonchev–Trinajstić information content (AvgIpc) is 3.01. The quantitative estimate of drug-likeness (QED) is 0.886. The van der Waals surface area contributed by atoms with E-state index in [1.54, 1.807) is 12.1 Å². The molecule has 1 aromatic heterocycles. The Bertz CT molecular complexity index is 835. The lowest BCUT2D eigenvalue weighted by Gasteiger charge is -2.31. The van der Waals surface area contributed by atoms with Crippen LogP contribution in [0.5, 0.6) is 5.75 Å². The lowest BCUT2D eigenvalue weighted by molar-refractivity contribution is 0.312. The van der Waals surface area contributed by atoms with Crippen LogP contribution in [0.1, 0.15) is 29.3 Å². The number of aryl methyl sites for hydroxylation is 1. The predicted octanol–water partition coefficient (Wildman–Crippen LogP) is 2.01. The van der Waals surface area contributed by atoms with E-state index in [0.29, 0.717) is 24.0 Å². The lowest BCUT2D eigenvalue weighted by Crippen LogP contribution is -2.39. The second-order valence-electron chi connectivity index (χ2n) is 5.84. The molecule has 9 heteroatoms. The van der Waals surface area contributed by atoms with E-state index in [1.165, 1.54) is 22.8 Å². The lowest BCUT2D eigenvalue weighted by atomic mass is 10.0. The van der Waals surface area contributed by atoms with Crippen LogP contribution < -0.4 is 10.5 Å². The van der Waals surface area contributed by atoms with Gasteiger partial charge in [0.1, 0.15) is 15.7 Å². The average molecular weight is 368 g/mol. The van der Waals surface area contributed by atoms with Gasteiger partial charge < -0.3 is 10.5 Å². The molecule has 0 spiro atoms. The van der Waals surface area contributed by atoms with Crippen LogP contribution in [0.15, 0.2) is 23.1 Å². The van der Waals surface area contributed by atoms with E-state index in [4.69, 9.17) is 10.5 Å². The van der Waals surface area contributed by atoms with Gasteiger partial charge in [-0.2, -0.15) is 4.31 Å².